The van der Waals surface area contributed by atoms with Gasteiger partial charge in [0.05, 0.1) is 18.8 Å². The lowest BCUT2D eigenvalue weighted by Gasteiger charge is -2.42. The van der Waals surface area contributed by atoms with Crippen LogP contribution < -0.4 is 0 Å². The fourth-order valence-corrected chi connectivity index (χ4v) is 6.71. The van der Waals surface area contributed by atoms with Crippen LogP contribution in [0.25, 0.3) is 10.1 Å². The lowest BCUT2D eigenvalue weighted by atomic mass is 9.89. The molecule has 6 heteroatoms. The highest BCUT2D eigenvalue weighted by molar-refractivity contribution is 7.19. The minimum atomic E-state index is -0.240. The largest absolute Gasteiger partial charge is 0.379 e. The Morgan fingerprint density at radius 3 is 2.40 bits per heavy atom. The fraction of sp³-hybridized carbons (Fsp3) is 0.588. The molecule has 1 fully saturated rings. The molecule has 2 heterocycles. The SMILES string of the molecule is CCCCOC[C@@H]1CC(OCCCC)[C@@H](OCCCC)C(c2cc(Cc3cc4ccccc4s3)c(Cl)cc2C)O1. The molecule has 2 aromatic carbocycles. The number of aryl methyl sites for hydroxylation is 1. The van der Waals surface area contributed by atoms with Crippen LogP contribution in [0.4, 0.5) is 0 Å². The van der Waals surface area contributed by atoms with Gasteiger partial charge >= 0.3 is 0 Å². The van der Waals surface area contributed by atoms with E-state index < -0.39 is 0 Å². The van der Waals surface area contributed by atoms with Gasteiger partial charge in [-0.1, -0.05) is 75.9 Å². The first-order chi connectivity index (χ1) is 19.5. The summed E-state index contributed by atoms with van der Waals surface area (Å²) >= 11 is 8.69. The Kier molecular flexibility index (Phi) is 12.8. The van der Waals surface area contributed by atoms with Gasteiger partial charge in [0, 0.05) is 47.3 Å². The second kappa shape index (κ2) is 16.2. The Balaban J connectivity index is 1.63. The van der Waals surface area contributed by atoms with E-state index in [0.29, 0.717) is 13.2 Å². The van der Waals surface area contributed by atoms with Crippen molar-refractivity contribution in [3.8, 4) is 0 Å². The van der Waals surface area contributed by atoms with E-state index in [9.17, 15) is 0 Å². The summed E-state index contributed by atoms with van der Waals surface area (Å²) in [5, 5.41) is 2.08. The first-order valence-corrected chi connectivity index (χ1v) is 16.5. The molecule has 4 rings (SSSR count). The summed E-state index contributed by atoms with van der Waals surface area (Å²) in [7, 11) is 0. The van der Waals surface area contributed by atoms with Gasteiger partial charge in [-0.05, 0) is 66.5 Å². The number of benzene rings is 2. The van der Waals surface area contributed by atoms with Crippen molar-refractivity contribution in [2.24, 2.45) is 0 Å². The molecular formula is C34H47ClO4S. The van der Waals surface area contributed by atoms with Crippen molar-refractivity contribution >= 4 is 33.0 Å². The van der Waals surface area contributed by atoms with E-state index in [1.807, 2.05) is 11.3 Å². The molecule has 0 N–H and O–H groups in total. The molecule has 1 saturated heterocycles. The van der Waals surface area contributed by atoms with Crippen molar-refractivity contribution in [2.45, 2.75) is 103 Å². The van der Waals surface area contributed by atoms with Crippen LogP contribution in [0.2, 0.25) is 5.02 Å². The monoisotopic (exact) mass is 586 g/mol. The van der Waals surface area contributed by atoms with E-state index in [2.05, 4.69) is 70.2 Å². The Morgan fingerprint density at radius 1 is 0.925 bits per heavy atom. The fourth-order valence-electron chi connectivity index (χ4n) is 5.34. The minimum Gasteiger partial charge on any atom is -0.379 e. The highest BCUT2D eigenvalue weighted by atomic mass is 35.5. The van der Waals surface area contributed by atoms with Crippen LogP contribution in [0.15, 0.2) is 42.5 Å². The Labute approximate surface area is 250 Å². The zero-order valence-corrected chi connectivity index (χ0v) is 26.3. The summed E-state index contributed by atoms with van der Waals surface area (Å²) in [6.45, 7) is 11.5. The van der Waals surface area contributed by atoms with Gasteiger partial charge in [0.1, 0.15) is 12.2 Å². The maximum Gasteiger partial charge on any atom is 0.114 e. The van der Waals surface area contributed by atoms with E-state index >= 15 is 0 Å². The predicted octanol–water partition coefficient (Wildman–Crippen LogP) is 9.47. The highest BCUT2D eigenvalue weighted by Gasteiger charge is 2.42. The average molecular weight is 587 g/mol. The smallest absolute Gasteiger partial charge is 0.114 e. The molecule has 2 unspecified atom stereocenters. The van der Waals surface area contributed by atoms with Gasteiger partial charge < -0.3 is 18.9 Å². The van der Waals surface area contributed by atoms with E-state index in [1.165, 1.54) is 15.0 Å². The van der Waals surface area contributed by atoms with Gasteiger partial charge in [-0.15, -0.1) is 11.3 Å². The standard InChI is InChI=1S/C34H47ClO4S/c1-5-8-15-36-23-27-22-31(37-16-9-6-2)34(38-17-10-7-3)33(39-27)29-21-26(30(35)18-24(29)4)20-28-19-25-13-11-12-14-32(25)40-28/h11-14,18-19,21,27,31,33-34H,5-10,15-17,20,22-23H2,1-4H3/t27-,31?,33?,34+/m0/s1. The molecule has 0 amide bonds. The topological polar surface area (TPSA) is 36.9 Å². The number of unbranched alkanes of at least 4 members (excludes halogenated alkanes) is 3. The quantitative estimate of drug-likeness (QED) is 0.157. The first-order valence-electron chi connectivity index (χ1n) is 15.3. The van der Waals surface area contributed by atoms with E-state index in [0.717, 1.165) is 86.3 Å². The van der Waals surface area contributed by atoms with Crippen LogP contribution in [0.1, 0.15) is 93.4 Å². The second-order valence-corrected chi connectivity index (χ2v) is 12.6. The number of hydrogen-bond acceptors (Lipinski definition) is 5. The van der Waals surface area contributed by atoms with Gasteiger partial charge in [-0.3, -0.25) is 0 Å². The average Bonchev–Trinajstić information content (AvgIpc) is 3.36. The van der Waals surface area contributed by atoms with Crippen LogP contribution in [0.5, 0.6) is 0 Å². The van der Waals surface area contributed by atoms with Gasteiger partial charge in [-0.2, -0.15) is 0 Å². The minimum absolute atomic E-state index is 0.0388. The van der Waals surface area contributed by atoms with Crippen LogP contribution >= 0.6 is 22.9 Å². The van der Waals surface area contributed by atoms with Crippen molar-refractivity contribution in [2.75, 3.05) is 26.4 Å². The van der Waals surface area contributed by atoms with Crippen molar-refractivity contribution in [1.82, 2.24) is 0 Å². The number of ether oxygens (including phenoxy) is 4. The normalized spacial score (nSPS) is 21.3. The van der Waals surface area contributed by atoms with E-state index in [-0.39, 0.29) is 24.4 Å². The first kappa shape index (κ1) is 31.5. The molecule has 1 aliphatic heterocycles. The maximum atomic E-state index is 6.86. The summed E-state index contributed by atoms with van der Waals surface area (Å²) in [6, 6.07) is 15.2. The van der Waals surface area contributed by atoms with Crippen LogP contribution in [0.3, 0.4) is 0 Å². The molecule has 1 aromatic heterocycles. The molecular weight excluding hydrogens is 540 g/mol. The third-order valence-corrected chi connectivity index (χ3v) is 9.13. The van der Waals surface area contributed by atoms with Gasteiger partial charge in [0.15, 0.2) is 0 Å². The molecule has 0 aliphatic carbocycles. The molecule has 3 aromatic rings. The zero-order chi connectivity index (χ0) is 28.3. The molecule has 0 saturated carbocycles. The summed E-state index contributed by atoms with van der Waals surface area (Å²) in [5.74, 6) is 0. The van der Waals surface area contributed by atoms with Crippen LogP contribution in [-0.4, -0.2) is 44.7 Å². The van der Waals surface area contributed by atoms with Crippen LogP contribution in [-0.2, 0) is 25.4 Å². The number of hydrogen-bond donors (Lipinski definition) is 0. The molecule has 40 heavy (non-hydrogen) atoms. The molecule has 1 aliphatic rings. The number of thiophene rings is 1. The summed E-state index contributed by atoms with van der Waals surface area (Å²) < 4.78 is 27.3. The van der Waals surface area contributed by atoms with E-state index in [1.54, 1.807) is 0 Å². The Hall–Kier alpha value is -1.47. The zero-order valence-electron chi connectivity index (χ0n) is 24.8. The van der Waals surface area contributed by atoms with Gasteiger partial charge in [0.25, 0.3) is 0 Å². The summed E-state index contributed by atoms with van der Waals surface area (Å²) in [5.41, 5.74) is 3.39. The highest BCUT2D eigenvalue weighted by Crippen LogP contribution is 2.39. The third kappa shape index (κ3) is 8.53. The molecule has 220 valence electrons. The van der Waals surface area contributed by atoms with Gasteiger partial charge in [0.2, 0.25) is 0 Å². The lowest BCUT2D eigenvalue weighted by Crippen LogP contribution is -2.48. The molecule has 0 radical (unpaired) electrons. The Bertz CT molecular complexity index is 1140. The lowest BCUT2D eigenvalue weighted by molar-refractivity contribution is -0.213. The summed E-state index contributed by atoms with van der Waals surface area (Å²) in [6.07, 6.45) is 7.52. The molecule has 0 bridgehead atoms. The van der Waals surface area contributed by atoms with Crippen molar-refractivity contribution < 1.29 is 18.9 Å². The third-order valence-electron chi connectivity index (χ3n) is 7.67. The Morgan fingerprint density at radius 2 is 1.65 bits per heavy atom. The molecule has 0 spiro atoms. The maximum absolute atomic E-state index is 6.86. The predicted molar refractivity (Wildman–Crippen MR) is 168 cm³/mol. The second-order valence-electron chi connectivity index (χ2n) is 11.0. The van der Waals surface area contributed by atoms with E-state index in [4.69, 9.17) is 30.5 Å². The van der Waals surface area contributed by atoms with Crippen molar-refractivity contribution in [3.05, 3.63) is 69.1 Å². The number of halogens is 1. The van der Waals surface area contributed by atoms with Gasteiger partial charge in [-0.25, -0.2) is 0 Å². The van der Waals surface area contributed by atoms with Crippen molar-refractivity contribution in [1.29, 1.82) is 0 Å². The molecule has 4 atom stereocenters. The van der Waals surface area contributed by atoms with Crippen molar-refractivity contribution in [3.63, 3.8) is 0 Å². The molecule has 4 nitrogen and oxygen atoms in total. The summed E-state index contributed by atoms with van der Waals surface area (Å²) in [4.78, 5) is 1.31. The number of rotatable bonds is 16. The van der Waals surface area contributed by atoms with Crippen LogP contribution in [0, 0.1) is 6.92 Å². The number of fused-ring (bicyclic) bond motifs is 1.